The molecule has 0 aromatic heterocycles. The molecule has 1 saturated heterocycles. The van der Waals surface area contributed by atoms with Crippen LogP contribution in [0.15, 0.2) is 18.2 Å². The lowest BCUT2D eigenvalue weighted by atomic mass is 10.0. The number of hydrogen-bond acceptors (Lipinski definition) is 6. The molecule has 1 amide bonds. The minimum Gasteiger partial charge on any atom is -0.490 e. The third kappa shape index (κ3) is 5.09. The predicted octanol–water partition coefficient (Wildman–Crippen LogP) is 0.856. The van der Waals surface area contributed by atoms with Crippen molar-refractivity contribution in [3.8, 4) is 11.5 Å². The van der Waals surface area contributed by atoms with Crippen molar-refractivity contribution in [3.63, 3.8) is 0 Å². The SMILES string of the molecule is CCOc1cc(C(=O)NC2(C)CCS(=O)(=O)C2)ccc1OCC(=O)O. The molecule has 0 aliphatic carbocycles. The Bertz CT molecular complexity index is 775. The zero-order chi connectivity index (χ0) is 18.7. The second-order valence-corrected chi connectivity index (χ2v) is 8.32. The van der Waals surface area contributed by atoms with Crippen LogP contribution in [0.25, 0.3) is 0 Å². The molecule has 1 atom stereocenters. The number of benzene rings is 1. The van der Waals surface area contributed by atoms with Gasteiger partial charge in [-0.2, -0.15) is 0 Å². The molecule has 1 aromatic carbocycles. The van der Waals surface area contributed by atoms with Crippen molar-refractivity contribution in [2.24, 2.45) is 0 Å². The molecule has 1 aliphatic heterocycles. The van der Waals surface area contributed by atoms with E-state index in [4.69, 9.17) is 14.6 Å². The smallest absolute Gasteiger partial charge is 0.341 e. The Morgan fingerprint density at radius 1 is 1.28 bits per heavy atom. The minimum atomic E-state index is -3.14. The summed E-state index contributed by atoms with van der Waals surface area (Å²) < 4.78 is 33.8. The summed E-state index contributed by atoms with van der Waals surface area (Å²) in [6.45, 7) is 3.23. The van der Waals surface area contributed by atoms with Gasteiger partial charge in [-0.3, -0.25) is 4.79 Å². The zero-order valence-electron chi connectivity index (χ0n) is 14.1. The van der Waals surface area contributed by atoms with E-state index in [0.717, 1.165) is 0 Å². The third-order valence-corrected chi connectivity index (χ3v) is 5.68. The molecule has 1 aliphatic rings. The standard InChI is InChI=1S/C16H21NO7S/c1-3-23-13-8-11(4-5-12(13)24-9-14(18)19)15(20)17-16(2)6-7-25(21,22)10-16/h4-5,8H,3,6-7,9-10H2,1-2H3,(H,17,20)(H,18,19). The van der Waals surface area contributed by atoms with Crippen LogP contribution >= 0.6 is 0 Å². The van der Waals surface area contributed by atoms with Crippen LogP contribution in [0.1, 0.15) is 30.6 Å². The first-order valence-electron chi connectivity index (χ1n) is 7.78. The maximum atomic E-state index is 12.5. The summed E-state index contributed by atoms with van der Waals surface area (Å²) in [6, 6.07) is 4.38. The number of ether oxygens (including phenoxy) is 2. The summed E-state index contributed by atoms with van der Waals surface area (Å²) in [5.74, 6) is -1.12. The van der Waals surface area contributed by atoms with E-state index in [-0.39, 0.29) is 28.6 Å². The molecule has 0 spiro atoms. The molecular weight excluding hydrogens is 350 g/mol. The molecule has 2 N–H and O–H groups in total. The molecule has 1 unspecified atom stereocenters. The lowest BCUT2D eigenvalue weighted by Gasteiger charge is -2.24. The summed E-state index contributed by atoms with van der Waals surface area (Å²) in [5.41, 5.74) is -0.531. The highest BCUT2D eigenvalue weighted by Crippen LogP contribution is 2.29. The highest BCUT2D eigenvalue weighted by molar-refractivity contribution is 7.91. The van der Waals surface area contributed by atoms with Gasteiger partial charge in [0.1, 0.15) is 0 Å². The van der Waals surface area contributed by atoms with Crippen molar-refractivity contribution >= 4 is 21.7 Å². The van der Waals surface area contributed by atoms with Crippen LogP contribution in [0.2, 0.25) is 0 Å². The number of carbonyl (C=O) groups excluding carboxylic acids is 1. The van der Waals surface area contributed by atoms with E-state index in [1.807, 2.05) is 0 Å². The van der Waals surface area contributed by atoms with E-state index in [1.165, 1.54) is 18.2 Å². The molecule has 1 aromatic rings. The van der Waals surface area contributed by atoms with Gasteiger partial charge in [0.2, 0.25) is 0 Å². The molecule has 1 heterocycles. The molecule has 8 nitrogen and oxygen atoms in total. The van der Waals surface area contributed by atoms with Gasteiger partial charge in [-0.1, -0.05) is 0 Å². The number of amides is 1. The Kier molecular flexibility index (Phi) is 5.56. The van der Waals surface area contributed by atoms with Gasteiger partial charge in [-0.15, -0.1) is 0 Å². The van der Waals surface area contributed by atoms with Crippen molar-refractivity contribution in [1.29, 1.82) is 0 Å². The number of carbonyl (C=O) groups is 2. The van der Waals surface area contributed by atoms with Gasteiger partial charge in [0.15, 0.2) is 27.9 Å². The lowest BCUT2D eigenvalue weighted by Crippen LogP contribution is -2.46. The van der Waals surface area contributed by atoms with E-state index in [2.05, 4.69) is 5.32 Å². The van der Waals surface area contributed by atoms with Crippen molar-refractivity contribution in [2.75, 3.05) is 24.7 Å². The van der Waals surface area contributed by atoms with E-state index < -0.39 is 33.9 Å². The van der Waals surface area contributed by atoms with E-state index >= 15 is 0 Å². The fraction of sp³-hybridized carbons (Fsp3) is 0.500. The molecule has 0 radical (unpaired) electrons. The number of aliphatic carboxylic acids is 1. The van der Waals surface area contributed by atoms with Crippen molar-refractivity contribution in [2.45, 2.75) is 25.8 Å². The molecule has 0 bridgehead atoms. The highest BCUT2D eigenvalue weighted by Gasteiger charge is 2.39. The first-order chi connectivity index (χ1) is 11.6. The summed E-state index contributed by atoms with van der Waals surface area (Å²) in [6.07, 6.45) is 0.360. The Hall–Kier alpha value is -2.29. The molecule has 9 heteroatoms. The largest absolute Gasteiger partial charge is 0.490 e. The summed E-state index contributed by atoms with van der Waals surface area (Å²) in [4.78, 5) is 23.1. The molecular formula is C16H21NO7S. The molecule has 2 rings (SSSR count). The monoisotopic (exact) mass is 371 g/mol. The topological polar surface area (TPSA) is 119 Å². The van der Waals surface area contributed by atoms with Gasteiger partial charge in [0, 0.05) is 5.56 Å². The summed E-state index contributed by atoms with van der Waals surface area (Å²) >= 11 is 0. The Balaban J connectivity index is 2.16. The van der Waals surface area contributed by atoms with Crippen LogP contribution in [-0.4, -0.2) is 55.7 Å². The van der Waals surface area contributed by atoms with Crippen LogP contribution in [-0.2, 0) is 14.6 Å². The summed E-state index contributed by atoms with van der Waals surface area (Å²) in [5, 5.41) is 11.4. The van der Waals surface area contributed by atoms with Crippen LogP contribution < -0.4 is 14.8 Å². The first kappa shape index (κ1) is 19.0. The zero-order valence-corrected chi connectivity index (χ0v) is 14.9. The summed E-state index contributed by atoms with van der Waals surface area (Å²) in [7, 11) is -3.14. The van der Waals surface area contributed by atoms with Gasteiger partial charge in [0.25, 0.3) is 5.91 Å². The predicted molar refractivity (Wildman–Crippen MR) is 89.9 cm³/mol. The Labute approximate surface area is 146 Å². The number of carboxylic acid groups (broad SMARTS) is 1. The molecule has 0 saturated carbocycles. The number of sulfone groups is 1. The maximum Gasteiger partial charge on any atom is 0.341 e. The van der Waals surface area contributed by atoms with Gasteiger partial charge in [0.05, 0.1) is 23.7 Å². The average Bonchev–Trinajstić information content (AvgIpc) is 2.79. The van der Waals surface area contributed by atoms with Crippen LogP contribution in [0, 0.1) is 0 Å². The molecule has 138 valence electrons. The van der Waals surface area contributed by atoms with Crippen LogP contribution in [0.5, 0.6) is 11.5 Å². The van der Waals surface area contributed by atoms with Crippen LogP contribution in [0.4, 0.5) is 0 Å². The Morgan fingerprint density at radius 2 is 2.00 bits per heavy atom. The van der Waals surface area contributed by atoms with E-state index in [1.54, 1.807) is 13.8 Å². The minimum absolute atomic E-state index is 0.0515. The van der Waals surface area contributed by atoms with Crippen molar-refractivity contribution < 1.29 is 32.6 Å². The number of nitrogens with one attached hydrogen (secondary N) is 1. The maximum absolute atomic E-state index is 12.5. The second-order valence-electron chi connectivity index (χ2n) is 6.13. The fourth-order valence-electron chi connectivity index (χ4n) is 2.63. The number of rotatable bonds is 7. The highest BCUT2D eigenvalue weighted by atomic mass is 32.2. The first-order valence-corrected chi connectivity index (χ1v) is 9.61. The Morgan fingerprint density at radius 3 is 2.56 bits per heavy atom. The van der Waals surface area contributed by atoms with Crippen molar-refractivity contribution in [1.82, 2.24) is 5.32 Å². The van der Waals surface area contributed by atoms with Crippen molar-refractivity contribution in [3.05, 3.63) is 23.8 Å². The van der Waals surface area contributed by atoms with E-state index in [0.29, 0.717) is 13.0 Å². The van der Waals surface area contributed by atoms with Gasteiger partial charge < -0.3 is 19.9 Å². The average molecular weight is 371 g/mol. The normalized spacial score (nSPS) is 21.5. The molecule has 1 fully saturated rings. The van der Waals surface area contributed by atoms with Gasteiger partial charge in [-0.25, -0.2) is 13.2 Å². The quantitative estimate of drug-likeness (QED) is 0.729. The lowest BCUT2D eigenvalue weighted by molar-refractivity contribution is -0.139. The third-order valence-electron chi connectivity index (χ3n) is 3.78. The second kappa shape index (κ2) is 7.30. The fourth-order valence-corrected chi connectivity index (χ4v) is 4.72. The number of carboxylic acids is 1. The van der Waals surface area contributed by atoms with Gasteiger partial charge in [-0.05, 0) is 38.5 Å². The van der Waals surface area contributed by atoms with E-state index in [9.17, 15) is 18.0 Å². The van der Waals surface area contributed by atoms with Gasteiger partial charge >= 0.3 is 5.97 Å². The number of hydrogen-bond donors (Lipinski definition) is 2. The molecule has 25 heavy (non-hydrogen) atoms. The van der Waals surface area contributed by atoms with Crippen LogP contribution in [0.3, 0.4) is 0 Å².